The third kappa shape index (κ3) is 4.18. The van der Waals surface area contributed by atoms with Gasteiger partial charge in [0.2, 0.25) is 0 Å². The zero-order chi connectivity index (χ0) is 14.4. The molecule has 1 fully saturated rings. The zero-order valence-electron chi connectivity index (χ0n) is 12.2. The van der Waals surface area contributed by atoms with Crippen LogP contribution in [0.15, 0.2) is 6.20 Å². The van der Waals surface area contributed by atoms with Crippen molar-refractivity contribution < 1.29 is 9.53 Å². The van der Waals surface area contributed by atoms with Crippen LogP contribution in [0.3, 0.4) is 0 Å². The van der Waals surface area contributed by atoms with Gasteiger partial charge in [-0.25, -0.2) is 4.98 Å². The Morgan fingerprint density at radius 2 is 2.25 bits per heavy atom. The number of esters is 1. The number of nitrogens with zero attached hydrogens (tertiary/aromatic N) is 2. The van der Waals surface area contributed by atoms with Crippen molar-refractivity contribution >= 4 is 22.4 Å². The molecule has 0 amide bonds. The molecule has 0 bridgehead atoms. The Balaban J connectivity index is 1.77. The predicted octanol–water partition coefficient (Wildman–Crippen LogP) is 2.35. The van der Waals surface area contributed by atoms with Crippen LogP contribution in [0.1, 0.15) is 31.6 Å². The van der Waals surface area contributed by atoms with Crippen molar-refractivity contribution in [1.82, 2.24) is 9.88 Å². The van der Waals surface area contributed by atoms with Crippen LogP contribution in [0.2, 0.25) is 0 Å². The number of hydrogen-bond acceptors (Lipinski definition) is 6. The van der Waals surface area contributed by atoms with Crippen LogP contribution < -0.4 is 5.32 Å². The van der Waals surface area contributed by atoms with Crippen molar-refractivity contribution in [3.8, 4) is 0 Å². The van der Waals surface area contributed by atoms with Gasteiger partial charge < -0.3 is 10.1 Å². The molecule has 0 spiro atoms. The first-order valence-electron chi connectivity index (χ1n) is 7.30. The summed E-state index contributed by atoms with van der Waals surface area (Å²) in [5.41, 5.74) is 0. The second kappa shape index (κ2) is 7.59. The maximum absolute atomic E-state index is 11.7. The molecule has 0 unspecified atom stereocenters. The molecule has 0 aliphatic carbocycles. The lowest BCUT2D eigenvalue weighted by Gasteiger charge is -2.30. The number of likely N-dealkylation sites (tertiary alicyclic amines) is 1. The van der Waals surface area contributed by atoms with Crippen LogP contribution in [0, 0.1) is 5.92 Å². The number of anilines is 1. The van der Waals surface area contributed by atoms with Crippen molar-refractivity contribution in [2.75, 3.05) is 31.6 Å². The van der Waals surface area contributed by atoms with E-state index >= 15 is 0 Å². The minimum Gasteiger partial charge on any atom is -0.466 e. The lowest BCUT2D eigenvalue weighted by molar-refractivity contribution is -0.149. The molecule has 1 N–H and O–H groups in total. The lowest BCUT2D eigenvalue weighted by atomic mass is 9.97. The lowest BCUT2D eigenvalue weighted by Crippen LogP contribution is -2.36. The third-order valence-electron chi connectivity index (χ3n) is 3.47. The van der Waals surface area contributed by atoms with E-state index in [1.54, 1.807) is 11.3 Å². The molecule has 0 saturated carbocycles. The molecule has 20 heavy (non-hydrogen) atoms. The van der Waals surface area contributed by atoms with Crippen molar-refractivity contribution in [1.29, 1.82) is 0 Å². The molecule has 6 heteroatoms. The molecule has 0 radical (unpaired) electrons. The number of carbonyl (C=O) groups is 1. The van der Waals surface area contributed by atoms with Gasteiger partial charge in [-0.3, -0.25) is 9.69 Å². The van der Waals surface area contributed by atoms with Gasteiger partial charge in [-0.2, -0.15) is 0 Å². The fourth-order valence-corrected chi connectivity index (χ4v) is 3.34. The Bertz CT molecular complexity index is 428. The van der Waals surface area contributed by atoms with Gasteiger partial charge in [-0.05, 0) is 39.8 Å². The van der Waals surface area contributed by atoms with Crippen molar-refractivity contribution in [2.24, 2.45) is 5.92 Å². The summed E-state index contributed by atoms with van der Waals surface area (Å²) in [6.07, 6.45) is 3.75. The van der Waals surface area contributed by atoms with Crippen LogP contribution in [0.5, 0.6) is 0 Å². The monoisotopic (exact) mass is 297 g/mol. The molecule has 1 aromatic heterocycles. The van der Waals surface area contributed by atoms with E-state index in [0.717, 1.165) is 44.2 Å². The first-order valence-corrected chi connectivity index (χ1v) is 8.12. The molecule has 1 saturated heterocycles. The molecule has 2 rings (SSSR count). The van der Waals surface area contributed by atoms with Crippen molar-refractivity contribution in [3.63, 3.8) is 0 Å². The van der Waals surface area contributed by atoms with E-state index in [4.69, 9.17) is 4.74 Å². The number of nitrogens with one attached hydrogen (secondary N) is 1. The van der Waals surface area contributed by atoms with E-state index in [-0.39, 0.29) is 11.9 Å². The largest absolute Gasteiger partial charge is 0.466 e. The third-order valence-corrected chi connectivity index (χ3v) is 4.41. The van der Waals surface area contributed by atoms with Gasteiger partial charge in [-0.15, -0.1) is 11.3 Å². The second-order valence-corrected chi connectivity index (χ2v) is 6.08. The van der Waals surface area contributed by atoms with Crippen LogP contribution in [-0.4, -0.2) is 42.1 Å². The summed E-state index contributed by atoms with van der Waals surface area (Å²) in [7, 11) is 0. The van der Waals surface area contributed by atoms with Crippen LogP contribution in [-0.2, 0) is 16.1 Å². The highest BCUT2D eigenvalue weighted by Gasteiger charge is 2.26. The Kier molecular flexibility index (Phi) is 5.79. The first-order chi connectivity index (χ1) is 9.72. The standard InChI is InChI=1S/C14H23N3O2S/c1-3-15-14-16-9-12(20-14)10-17-7-5-11(6-8-17)13(18)19-4-2/h9,11H,3-8,10H2,1-2H3,(H,15,16). The number of piperidine rings is 1. The van der Waals surface area contributed by atoms with E-state index in [1.807, 2.05) is 13.1 Å². The maximum atomic E-state index is 11.7. The Morgan fingerprint density at radius 3 is 2.90 bits per heavy atom. The summed E-state index contributed by atoms with van der Waals surface area (Å²) < 4.78 is 5.09. The normalized spacial score (nSPS) is 17.1. The number of ether oxygens (including phenoxy) is 1. The van der Waals surface area contributed by atoms with Crippen molar-refractivity contribution in [3.05, 3.63) is 11.1 Å². The van der Waals surface area contributed by atoms with Gasteiger partial charge >= 0.3 is 5.97 Å². The topological polar surface area (TPSA) is 54.5 Å². The number of carbonyl (C=O) groups excluding carboxylic acids is 1. The Hall–Kier alpha value is -1.14. The van der Waals surface area contributed by atoms with E-state index in [1.165, 1.54) is 4.88 Å². The average Bonchev–Trinajstić information content (AvgIpc) is 2.88. The van der Waals surface area contributed by atoms with Gasteiger partial charge in [0.15, 0.2) is 5.13 Å². The Morgan fingerprint density at radius 1 is 1.50 bits per heavy atom. The van der Waals surface area contributed by atoms with Gasteiger partial charge in [-0.1, -0.05) is 0 Å². The molecular formula is C14H23N3O2S. The Labute approximate surface area is 124 Å². The molecule has 2 heterocycles. The number of rotatable bonds is 6. The van der Waals surface area contributed by atoms with Crippen LogP contribution in [0.4, 0.5) is 5.13 Å². The van der Waals surface area contributed by atoms with E-state index in [9.17, 15) is 4.79 Å². The van der Waals surface area contributed by atoms with Gasteiger partial charge in [0.1, 0.15) is 0 Å². The predicted molar refractivity (Wildman–Crippen MR) is 80.9 cm³/mol. The molecule has 1 aromatic rings. The maximum Gasteiger partial charge on any atom is 0.309 e. The summed E-state index contributed by atoms with van der Waals surface area (Å²) >= 11 is 1.71. The SMILES string of the molecule is CCNc1ncc(CN2CCC(C(=O)OCC)CC2)s1. The summed E-state index contributed by atoms with van der Waals surface area (Å²) in [5.74, 6) is 0.0596. The minimum absolute atomic E-state index is 0.0284. The summed E-state index contributed by atoms with van der Waals surface area (Å²) in [5, 5.41) is 4.22. The molecule has 5 nitrogen and oxygen atoms in total. The summed E-state index contributed by atoms with van der Waals surface area (Å²) in [6, 6.07) is 0. The zero-order valence-corrected chi connectivity index (χ0v) is 13.0. The highest BCUT2D eigenvalue weighted by atomic mass is 32.1. The van der Waals surface area contributed by atoms with Gasteiger partial charge in [0, 0.05) is 24.2 Å². The quantitative estimate of drug-likeness (QED) is 0.817. The summed E-state index contributed by atoms with van der Waals surface area (Å²) in [6.45, 7) is 8.15. The fourth-order valence-electron chi connectivity index (χ4n) is 2.42. The molecule has 0 aromatic carbocycles. The second-order valence-electron chi connectivity index (χ2n) is 4.96. The summed E-state index contributed by atoms with van der Waals surface area (Å²) in [4.78, 5) is 19.7. The van der Waals surface area contributed by atoms with Crippen LogP contribution >= 0.6 is 11.3 Å². The van der Waals surface area contributed by atoms with Gasteiger partial charge in [0.25, 0.3) is 0 Å². The number of aromatic nitrogens is 1. The first kappa shape index (κ1) is 15.3. The molecule has 1 aliphatic heterocycles. The van der Waals surface area contributed by atoms with Crippen molar-refractivity contribution in [2.45, 2.75) is 33.2 Å². The molecular weight excluding hydrogens is 274 g/mol. The van der Waals surface area contributed by atoms with E-state index in [0.29, 0.717) is 6.61 Å². The number of thiazole rings is 1. The van der Waals surface area contributed by atoms with E-state index < -0.39 is 0 Å². The van der Waals surface area contributed by atoms with Crippen LogP contribution in [0.25, 0.3) is 0 Å². The minimum atomic E-state index is -0.0284. The highest BCUT2D eigenvalue weighted by Crippen LogP contribution is 2.23. The highest BCUT2D eigenvalue weighted by molar-refractivity contribution is 7.15. The molecule has 112 valence electrons. The van der Waals surface area contributed by atoms with Gasteiger partial charge in [0.05, 0.1) is 12.5 Å². The molecule has 0 atom stereocenters. The average molecular weight is 297 g/mol. The fraction of sp³-hybridized carbons (Fsp3) is 0.714. The molecule has 1 aliphatic rings. The number of hydrogen-bond donors (Lipinski definition) is 1. The smallest absolute Gasteiger partial charge is 0.309 e. The van der Waals surface area contributed by atoms with E-state index in [2.05, 4.69) is 22.1 Å².